The van der Waals surface area contributed by atoms with E-state index in [9.17, 15) is 9.59 Å². The molecular weight excluding hydrogens is 238 g/mol. The Morgan fingerprint density at radius 3 is 1.63 bits per heavy atom. The van der Waals surface area contributed by atoms with Gasteiger partial charge in [-0.3, -0.25) is 9.59 Å². The van der Waals surface area contributed by atoms with Gasteiger partial charge in [0.2, 0.25) is 5.91 Å². The summed E-state index contributed by atoms with van der Waals surface area (Å²) in [5.74, 6) is -0.0284. The van der Waals surface area contributed by atoms with E-state index >= 15 is 0 Å². The van der Waals surface area contributed by atoms with Crippen molar-refractivity contribution in [3.8, 4) is 0 Å². The van der Waals surface area contributed by atoms with E-state index in [2.05, 4.69) is 5.32 Å². The number of carbonyl (C=O) groups is 2. The van der Waals surface area contributed by atoms with Crippen LogP contribution in [0.5, 0.6) is 0 Å². The van der Waals surface area contributed by atoms with Crippen LogP contribution in [0.4, 0.5) is 0 Å². The summed E-state index contributed by atoms with van der Waals surface area (Å²) in [5.41, 5.74) is -0.419. The van der Waals surface area contributed by atoms with Gasteiger partial charge >= 0.3 is 0 Å². The second-order valence-electron chi connectivity index (χ2n) is 6.68. The third kappa shape index (κ3) is 9.69. The van der Waals surface area contributed by atoms with Gasteiger partial charge in [-0.05, 0) is 0 Å². The predicted molar refractivity (Wildman–Crippen MR) is 82.1 cm³/mol. The van der Waals surface area contributed by atoms with Crippen molar-refractivity contribution in [2.75, 3.05) is 6.54 Å². The molecule has 1 amide bonds. The quantitative estimate of drug-likeness (QED) is 0.844. The molecule has 0 aromatic rings. The number of amides is 1. The number of carbonyl (C=O) groups excluding carboxylic acids is 2. The molecule has 0 heterocycles. The van der Waals surface area contributed by atoms with Crippen LogP contribution in [0, 0.1) is 11.3 Å². The van der Waals surface area contributed by atoms with E-state index in [0.717, 1.165) is 0 Å². The minimum Gasteiger partial charge on any atom is -0.349 e. The first-order valence-corrected chi connectivity index (χ1v) is 7.56. The third-order valence-corrected chi connectivity index (χ3v) is 3.25. The highest BCUT2D eigenvalue weighted by Gasteiger charge is 2.21. The van der Waals surface area contributed by atoms with E-state index < -0.39 is 5.41 Å². The van der Waals surface area contributed by atoms with Crippen molar-refractivity contribution >= 4 is 11.7 Å². The Morgan fingerprint density at radius 2 is 1.37 bits per heavy atom. The van der Waals surface area contributed by atoms with Gasteiger partial charge in [0.15, 0.2) is 5.78 Å². The van der Waals surface area contributed by atoms with E-state index in [1.54, 1.807) is 0 Å². The topological polar surface area (TPSA) is 46.2 Å². The molecule has 0 aliphatic heterocycles. The Morgan fingerprint density at radius 1 is 1.00 bits per heavy atom. The monoisotopic (exact) mass is 271 g/mol. The van der Waals surface area contributed by atoms with Crippen LogP contribution in [0.2, 0.25) is 0 Å². The van der Waals surface area contributed by atoms with Crippen molar-refractivity contribution in [3.63, 3.8) is 0 Å². The Bertz CT molecular complexity index is 267. The number of Topliss-reactive ketones (excluding diaryl/α,β-unsaturated/α-hetero) is 1. The van der Waals surface area contributed by atoms with Gasteiger partial charge in [-0.2, -0.15) is 0 Å². The molecule has 1 saturated carbocycles. The summed E-state index contributed by atoms with van der Waals surface area (Å²) >= 11 is 0. The Kier molecular flexibility index (Phi) is 8.70. The summed E-state index contributed by atoms with van der Waals surface area (Å²) < 4.78 is 0. The molecule has 1 N–H and O–H groups in total. The van der Waals surface area contributed by atoms with E-state index in [0.29, 0.717) is 0 Å². The molecule has 0 aromatic carbocycles. The van der Waals surface area contributed by atoms with Crippen molar-refractivity contribution in [1.82, 2.24) is 5.32 Å². The molecule has 3 heteroatoms. The zero-order chi connectivity index (χ0) is 14.9. The average Bonchev–Trinajstić information content (AvgIpc) is 2.37. The number of rotatable bonds is 3. The first kappa shape index (κ1) is 18.1. The fraction of sp³-hybridized carbons (Fsp3) is 0.875. The van der Waals surface area contributed by atoms with Crippen LogP contribution in [-0.2, 0) is 9.59 Å². The lowest BCUT2D eigenvalue weighted by atomic mass is 9.95. The van der Waals surface area contributed by atoms with Crippen molar-refractivity contribution in [3.05, 3.63) is 0 Å². The van der Waals surface area contributed by atoms with E-state index in [-0.39, 0.29) is 25.6 Å². The van der Waals surface area contributed by atoms with Gasteiger partial charge in [-0.1, -0.05) is 73.1 Å². The van der Waals surface area contributed by atoms with Crippen LogP contribution in [0.25, 0.3) is 0 Å². The van der Waals surface area contributed by atoms with Crippen molar-refractivity contribution in [2.24, 2.45) is 11.3 Å². The molecule has 1 fully saturated rings. The van der Waals surface area contributed by atoms with Crippen LogP contribution in [0.15, 0.2) is 0 Å². The minimum atomic E-state index is -0.419. The first-order valence-electron chi connectivity index (χ1n) is 7.56. The lowest BCUT2D eigenvalue weighted by Crippen LogP contribution is -2.38. The second-order valence-corrected chi connectivity index (χ2v) is 6.68. The molecule has 0 aromatic heterocycles. The molecule has 0 spiro atoms. The summed E-state index contributed by atoms with van der Waals surface area (Å²) in [7, 11) is 0. The molecular formula is C16H33NO2. The molecule has 3 nitrogen and oxygen atoms in total. The minimum absolute atomic E-state index is 0. The maximum Gasteiger partial charge on any atom is 0.225 e. The summed E-state index contributed by atoms with van der Waals surface area (Å²) in [4.78, 5) is 22.5. The molecule has 1 aliphatic carbocycles. The summed E-state index contributed by atoms with van der Waals surface area (Å²) in [5, 5.41) is 2.62. The SMILES string of the molecule is C1CCCCC1.CC(C)C(=O)CNC(=O)C(C)(C)C.[HH]. The Balaban J connectivity index is 0. The van der Waals surface area contributed by atoms with Crippen molar-refractivity contribution in [2.45, 2.75) is 73.1 Å². The second kappa shape index (κ2) is 9.11. The van der Waals surface area contributed by atoms with E-state index in [4.69, 9.17) is 0 Å². The van der Waals surface area contributed by atoms with Crippen LogP contribution < -0.4 is 5.32 Å². The maximum absolute atomic E-state index is 11.3. The molecule has 19 heavy (non-hydrogen) atoms. The van der Waals surface area contributed by atoms with E-state index in [1.165, 1.54) is 38.5 Å². The van der Waals surface area contributed by atoms with Crippen LogP contribution in [0.1, 0.15) is 74.6 Å². The maximum atomic E-state index is 11.3. The molecule has 1 rings (SSSR count). The van der Waals surface area contributed by atoms with Gasteiger partial charge in [0, 0.05) is 12.8 Å². The standard InChI is InChI=1S/C10H19NO2.C6H12.H2/c1-7(2)8(12)6-11-9(13)10(3,4)5;1-2-4-6-5-3-1;/h7H,6H2,1-5H3,(H,11,13);1-6H2;1H. The molecule has 114 valence electrons. The van der Waals surface area contributed by atoms with Gasteiger partial charge in [-0.25, -0.2) is 0 Å². The number of ketones is 1. The first-order chi connectivity index (χ1) is 8.75. The Labute approximate surface area is 120 Å². The lowest BCUT2D eigenvalue weighted by Gasteiger charge is -2.17. The highest BCUT2D eigenvalue weighted by Crippen LogP contribution is 2.15. The number of nitrogens with one attached hydrogen (secondary N) is 1. The third-order valence-electron chi connectivity index (χ3n) is 3.25. The van der Waals surface area contributed by atoms with Gasteiger partial charge < -0.3 is 5.32 Å². The van der Waals surface area contributed by atoms with Gasteiger partial charge in [-0.15, -0.1) is 0 Å². The van der Waals surface area contributed by atoms with Crippen LogP contribution >= 0.6 is 0 Å². The van der Waals surface area contributed by atoms with E-state index in [1.807, 2.05) is 34.6 Å². The summed E-state index contributed by atoms with van der Waals surface area (Å²) in [6, 6.07) is 0. The zero-order valence-corrected chi connectivity index (χ0v) is 13.3. The molecule has 0 bridgehead atoms. The van der Waals surface area contributed by atoms with Crippen molar-refractivity contribution in [1.29, 1.82) is 0 Å². The Hall–Kier alpha value is -0.860. The number of hydrogen-bond donors (Lipinski definition) is 1. The van der Waals surface area contributed by atoms with Gasteiger partial charge in [0.05, 0.1) is 6.54 Å². The predicted octanol–water partition coefficient (Wildman–Crippen LogP) is 3.96. The van der Waals surface area contributed by atoms with Gasteiger partial charge in [0.25, 0.3) is 0 Å². The molecule has 0 atom stereocenters. The van der Waals surface area contributed by atoms with Crippen molar-refractivity contribution < 1.29 is 11.0 Å². The highest BCUT2D eigenvalue weighted by molar-refractivity contribution is 5.88. The summed E-state index contributed by atoms with van der Waals surface area (Å²) in [6.45, 7) is 9.26. The molecule has 0 unspecified atom stereocenters. The fourth-order valence-electron chi connectivity index (χ4n) is 1.70. The zero-order valence-electron chi connectivity index (χ0n) is 13.3. The highest BCUT2D eigenvalue weighted by atomic mass is 16.2. The molecule has 0 saturated heterocycles. The summed E-state index contributed by atoms with van der Waals surface area (Å²) in [6.07, 6.45) is 9.00. The largest absolute Gasteiger partial charge is 0.349 e. The lowest BCUT2D eigenvalue weighted by molar-refractivity contribution is -0.131. The number of hydrogen-bond acceptors (Lipinski definition) is 2. The van der Waals surface area contributed by atoms with Crippen LogP contribution in [-0.4, -0.2) is 18.2 Å². The molecule has 0 radical (unpaired) electrons. The fourth-order valence-corrected chi connectivity index (χ4v) is 1.70. The van der Waals surface area contributed by atoms with Crippen LogP contribution in [0.3, 0.4) is 0 Å². The molecule has 1 aliphatic rings. The smallest absolute Gasteiger partial charge is 0.225 e. The average molecular weight is 271 g/mol. The van der Waals surface area contributed by atoms with Gasteiger partial charge in [0.1, 0.15) is 0 Å². The normalized spacial score (nSPS) is 15.5.